The number of thiophene rings is 1. The van der Waals surface area contributed by atoms with Gasteiger partial charge in [0.15, 0.2) is 0 Å². The van der Waals surface area contributed by atoms with Crippen molar-refractivity contribution in [3.8, 4) is 11.8 Å². The third-order valence-corrected chi connectivity index (χ3v) is 8.12. The molecule has 0 spiro atoms. The van der Waals surface area contributed by atoms with Gasteiger partial charge in [-0.3, -0.25) is 9.80 Å². The molecular formula is C25H24N2O4S3. The average molecular weight is 513 g/mol. The Morgan fingerprint density at radius 1 is 1.15 bits per heavy atom. The van der Waals surface area contributed by atoms with Crippen molar-refractivity contribution in [3.05, 3.63) is 81.4 Å². The zero-order valence-electron chi connectivity index (χ0n) is 18.4. The molecule has 0 saturated carbocycles. The van der Waals surface area contributed by atoms with Crippen LogP contribution < -0.4 is 0 Å². The molecule has 0 bridgehead atoms. The monoisotopic (exact) mass is 512 g/mol. The number of carbonyl (C=O) groups excluding carboxylic acids is 1. The van der Waals surface area contributed by atoms with E-state index in [9.17, 15) is 9.59 Å². The van der Waals surface area contributed by atoms with E-state index in [1.807, 2.05) is 41.0 Å². The molecule has 1 aliphatic heterocycles. The summed E-state index contributed by atoms with van der Waals surface area (Å²) in [4.78, 5) is 24.9. The number of carboxylic acid groups (broad SMARTS) is 1. The number of benzene rings is 1. The molecule has 0 radical (unpaired) electrons. The minimum Gasteiger partial charge on any atom is -0.477 e. The van der Waals surface area contributed by atoms with Gasteiger partial charge in [-0.05, 0) is 35.9 Å². The van der Waals surface area contributed by atoms with Gasteiger partial charge in [-0.2, -0.15) is 11.8 Å². The first-order valence-electron chi connectivity index (χ1n) is 10.8. The predicted molar refractivity (Wildman–Crippen MR) is 138 cm³/mol. The van der Waals surface area contributed by atoms with Gasteiger partial charge in [0.25, 0.3) is 5.24 Å². The van der Waals surface area contributed by atoms with E-state index in [2.05, 4.69) is 29.0 Å². The summed E-state index contributed by atoms with van der Waals surface area (Å²) in [6, 6.07) is 13.6. The van der Waals surface area contributed by atoms with Gasteiger partial charge < -0.3 is 9.52 Å². The van der Waals surface area contributed by atoms with Gasteiger partial charge in [-0.25, -0.2) is 9.80 Å². The van der Waals surface area contributed by atoms with E-state index in [4.69, 9.17) is 9.52 Å². The Balaban J connectivity index is 1.26. The summed E-state index contributed by atoms with van der Waals surface area (Å²) in [5.41, 5.74) is 3.06. The molecule has 0 unspecified atom stereocenters. The number of rotatable bonds is 9. The highest BCUT2D eigenvalue weighted by molar-refractivity contribution is 8.13. The number of aromatic carboxylic acids is 1. The quantitative estimate of drug-likeness (QED) is 0.308. The molecule has 176 valence electrons. The third kappa shape index (κ3) is 6.93. The largest absolute Gasteiger partial charge is 0.477 e. The molecular weight excluding hydrogens is 488 g/mol. The fourth-order valence-electron chi connectivity index (χ4n) is 3.44. The highest BCUT2D eigenvalue weighted by Gasteiger charge is 2.26. The molecule has 1 fully saturated rings. The van der Waals surface area contributed by atoms with Gasteiger partial charge in [0.05, 0.1) is 11.8 Å². The number of thioether (sulfide) groups is 2. The molecule has 2 aromatic heterocycles. The minimum atomic E-state index is -0.907. The molecule has 1 saturated heterocycles. The lowest BCUT2D eigenvalue weighted by Gasteiger charge is -2.37. The lowest BCUT2D eigenvalue weighted by atomic mass is 10.1. The number of amides is 1. The van der Waals surface area contributed by atoms with E-state index in [-0.39, 0.29) is 5.24 Å². The van der Waals surface area contributed by atoms with Gasteiger partial charge >= 0.3 is 5.97 Å². The van der Waals surface area contributed by atoms with Crippen molar-refractivity contribution in [2.45, 2.75) is 12.2 Å². The molecule has 1 aliphatic rings. The maximum atomic E-state index is 12.5. The Morgan fingerprint density at radius 3 is 2.82 bits per heavy atom. The van der Waals surface area contributed by atoms with Crippen LogP contribution in [0.3, 0.4) is 0 Å². The van der Waals surface area contributed by atoms with Crippen LogP contribution in [0.2, 0.25) is 0 Å². The van der Waals surface area contributed by atoms with Crippen LogP contribution in [0.4, 0.5) is 4.79 Å². The van der Waals surface area contributed by atoms with Gasteiger partial charge in [-0.15, -0.1) is 11.3 Å². The standard InChI is InChI=1S/C25H24N2O4S3/c28-24(29)23-7-6-22(34-23)8-10-27-25(30)33-15-12-26(27)11-14-32-18-21-3-1-2-19(16-21)4-5-20-9-13-31-17-20/h1-3,6-7,9,13,16-17H,8,10-12,14-15,18H2,(H,28,29). The second kappa shape index (κ2) is 12.2. The van der Waals surface area contributed by atoms with Crippen molar-refractivity contribution >= 4 is 46.1 Å². The normalized spacial score (nSPS) is 14.1. The third-order valence-electron chi connectivity index (χ3n) is 5.13. The summed E-state index contributed by atoms with van der Waals surface area (Å²) >= 11 is 4.46. The van der Waals surface area contributed by atoms with Crippen LogP contribution in [-0.4, -0.2) is 57.5 Å². The number of hydrogen-bond donors (Lipinski definition) is 1. The van der Waals surface area contributed by atoms with E-state index < -0.39 is 5.97 Å². The van der Waals surface area contributed by atoms with Crippen molar-refractivity contribution < 1.29 is 19.1 Å². The number of carbonyl (C=O) groups is 2. The number of nitrogens with zero attached hydrogens (tertiary/aromatic N) is 2. The van der Waals surface area contributed by atoms with Crippen LogP contribution in [0.25, 0.3) is 0 Å². The number of hydrazine groups is 1. The molecule has 4 rings (SSSR count). The highest BCUT2D eigenvalue weighted by atomic mass is 32.2. The maximum Gasteiger partial charge on any atom is 0.345 e. The van der Waals surface area contributed by atoms with Crippen LogP contribution >= 0.6 is 34.9 Å². The molecule has 9 heteroatoms. The van der Waals surface area contributed by atoms with E-state index >= 15 is 0 Å². The minimum absolute atomic E-state index is 0.0650. The van der Waals surface area contributed by atoms with Crippen LogP contribution in [-0.2, 0) is 12.2 Å². The summed E-state index contributed by atoms with van der Waals surface area (Å²) in [6.45, 7) is 2.19. The Kier molecular flexibility index (Phi) is 8.77. The van der Waals surface area contributed by atoms with E-state index in [1.54, 1.807) is 18.6 Å². The zero-order chi connectivity index (χ0) is 23.8. The van der Waals surface area contributed by atoms with Crippen LogP contribution in [0.5, 0.6) is 0 Å². The van der Waals surface area contributed by atoms with Crippen molar-refractivity contribution in [1.29, 1.82) is 0 Å². The Bertz CT molecular complexity index is 1180. The Hall–Kier alpha value is -2.64. The van der Waals surface area contributed by atoms with Crippen LogP contribution in [0, 0.1) is 11.8 Å². The fourth-order valence-corrected chi connectivity index (χ4v) is 6.00. The number of hydrogen-bond acceptors (Lipinski definition) is 7. The van der Waals surface area contributed by atoms with Gasteiger partial charge in [0.2, 0.25) is 0 Å². The number of furan rings is 1. The molecule has 0 atom stereocenters. The molecule has 0 aliphatic carbocycles. The second-order valence-electron chi connectivity index (χ2n) is 7.53. The van der Waals surface area contributed by atoms with Crippen LogP contribution in [0.15, 0.2) is 59.4 Å². The van der Waals surface area contributed by atoms with Crippen molar-refractivity contribution in [2.24, 2.45) is 0 Å². The summed E-state index contributed by atoms with van der Waals surface area (Å²) < 4.78 is 5.05. The van der Waals surface area contributed by atoms with Crippen LogP contribution in [0.1, 0.15) is 31.2 Å². The number of carboxylic acids is 1. The lowest BCUT2D eigenvalue weighted by molar-refractivity contribution is 0.0349. The van der Waals surface area contributed by atoms with Gasteiger partial charge in [-0.1, -0.05) is 35.7 Å². The van der Waals surface area contributed by atoms with Crippen molar-refractivity contribution in [1.82, 2.24) is 10.0 Å². The first-order valence-corrected chi connectivity index (χ1v) is 13.8. The first-order chi connectivity index (χ1) is 16.6. The topological polar surface area (TPSA) is 74.0 Å². The van der Waals surface area contributed by atoms with E-state index in [1.165, 1.54) is 28.7 Å². The zero-order valence-corrected chi connectivity index (χ0v) is 20.9. The molecule has 1 amide bonds. The Morgan fingerprint density at radius 2 is 2.03 bits per heavy atom. The summed E-state index contributed by atoms with van der Waals surface area (Å²) in [6.07, 6.45) is 3.90. The average Bonchev–Trinajstić information content (AvgIpc) is 3.53. The maximum absolute atomic E-state index is 12.5. The highest BCUT2D eigenvalue weighted by Crippen LogP contribution is 2.23. The molecule has 34 heavy (non-hydrogen) atoms. The second-order valence-corrected chi connectivity index (χ2v) is 10.8. The summed E-state index contributed by atoms with van der Waals surface area (Å²) in [5, 5.41) is 13.1. The Labute approximate surface area is 211 Å². The summed E-state index contributed by atoms with van der Waals surface area (Å²) in [7, 11) is 0. The van der Waals surface area contributed by atoms with E-state index in [0.717, 1.165) is 46.4 Å². The van der Waals surface area contributed by atoms with Crippen molar-refractivity contribution in [2.75, 3.05) is 31.1 Å². The predicted octanol–water partition coefficient (Wildman–Crippen LogP) is 5.30. The summed E-state index contributed by atoms with van der Waals surface area (Å²) in [5.74, 6) is 7.93. The molecule has 6 nitrogen and oxygen atoms in total. The van der Waals surface area contributed by atoms with Gasteiger partial charge in [0, 0.05) is 53.8 Å². The molecule has 3 heterocycles. The molecule has 1 aromatic carbocycles. The SMILES string of the molecule is O=C(O)c1ccc(CCN2C(=O)SCCN2CCSCc2cccc(C#Cc3ccoc3)c2)s1. The van der Waals surface area contributed by atoms with Crippen molar-refractivity contribution in [3.63, 3.8) is 0 Å². The smallest absolute Gasteiger partial charge is 0.345 e. The van der Waals surface area contributed by atoms with E-state index in [0.29, 0.717) is 17.8 Å². The van der Waals surface area contributed by atoms with Gasteiger partial charge in [0.1, 0.15) is 11.1 Å². The lowest BCUT2D eigenvalue weighted by Crippen LogP contribution is -2.51. The molecule has 3 aromatic rings. The fraction of sp³-hybridized carbons (Fsp3) is 0.280. The first kappa shape index (κ1) is 24.5. The molecule has 1 N–H and O–H groups in total.